The van der Waals surface area contributed by atoms with Crippen LogP contribution in [0.25, 0.3) is 0 Å². The largest absolute Gasteiger partial charge is 0.334 e. The highest BCUT2D eigenvalue weighted by Gasteiger charge is 2.35. The van der Waals surface area contributed by atoms with Crippen molar-refractivity contribution in [2.24, 2.45) is 11.8 Å². The molecule has 128 valence electrons. The van der Waals surface area contributed by atoms with Gasteiger partial charge in [0.2, 0.25) is 5.91 Å². The van der Waals surface area contributed by atoms with Crippen LogP contribution < -0.4 is 0 Å². The molecule has 1 aliphatic rings. The molecule has 0 unspecified atom stereocenters. The van der Waals surface area contributed by atoms with E-state index in [0.29, 0.717) is 25.3 Å². The van der Waals surface area contributed by atoms with E-state index in [9.17, 15) is 13.2 Å². The smallest absolute Gasteiger partial charge is 0.223 e. The first-order valence-electron chi connectivity index (χ1n) is 8.17. The maximum absolute atomic E-state index is 12.8. The average molecular weight is 338 g/mol. The van der Waals surface area contributed by atoms with Crippen LogP contribution in [0.1, 0.15) is 39.2 Å². The van der Waals surface area contributed by atoms with Crippen molar-refractivity contribution in [3.05, 3.63) is 30.1 Å². The Labute approximate surface area is 139 Å². The molecule has 1 aromatic heterocycles. The monoisotopic (exact) mass is 338 g/mol. The Hall–Kier alpha value is -1.43. The summed E-state index contributed by atoms with van der Waals surface area (Å²) in [5, 5.41) is 0. The number of hydrogen-bond donors (Lipinski definition) is 0. The second-order valence-corrected chi connectivity index (χ2v) is 9.09. The Morgan fingerprint density at radius 1 is 1.39 bits per heavy atom. The molecule has 0 aromatic carbocycles. The third kappa shape index (κ3) is 5.03. The third-order valence-corrected chi connectivity index (χ3v) is 6.43. The van der Waals surface area contributed by atoms with E-state index < -0.39 is 9.84 Å². The third-order valence-electron chi connectivity index (χ3n) is 4.68. The Balaban J connectivity index is 2.16. The fourth-order valence-electron chi connectivity index (χ4n) is 2.76. The van der Waals surface area contributed by atoms with E-state index in [2.05, 4.69) is 25.8 Å². The Bertz CT molecular complexity index is 628. The molecular formula is C17H26N2O3S. The van der Waals surface area contributed by atoms with Crippen LogP contribution in [0.5, 0.6) is 0 Å². The topological polar surface area (TPSA) is 67.3 Å². The molecule has 0 radical (unpaired) electrons. The first-order chi connectivity index (χ1) is 10.8. The predicted molar refractivity (Wildman–Crippen MR) is 90.5 cm³/mol. The van der Waals surface area contributed by atoms with Crippen LogP contribution in [0.3, 0.4) is 0 Å². The molecule has 1 saturated heterocycles. The summed E-state index contributed by atoms with van der Waals surface area (Å²) in [6, 6.07) is 3.54. The van der Waals surface area contributed by atoms with Crippen LogP contribution in [0.2, 0.25) is 0 Å². The minimum Gasteiger partial charge on any atom is -0.334 e. The SMILES string of the molecule is CC(C)[C@H](C)CC(=O)N(Cc1cccnc1)[C@H]1CCS(=O)(=O)C1. The number of carbonyl (C=O) groups is 1. The van der Waals surface area contributed by atoms with Gasteiger partial charge in [0.05, 0.1) is 11.5 Å². The second-order valence-electron chi connectivity index (χ2n) is 6.87. The first kappa shape index (κ1) is 17.9. The molecule has 0 aliphatic carbocycles. The molecule has 2 heterocycles. The summed E-state index contributed by atoms with van der Waals surface area (Å²) < 4.78 is 23.6. The Morgan fingerprint density at radius 3 is 2.65 bits per heavy atom. The van der Waals surface area contributed by atoms with Crippen LogP contribution in [-0.2, 0) is 21.2 Å². The van der Waals surface area contributed by atoms with Gasteiger partial charge in [-0.25, -0.2) is 8.42 Å². The van der Waals surface area contributed by atoms with Crippen molar-refractivity contribution >= 4 is 15.7 Å². The summed E-state index contributed by atoms with van der Waals surface area (Å²) in [5.74, 6) is 0.990. The van der Waals surface area contributed by atoms with Crippen LogP contribution >= 0.6 is 0 Å². The van der Waals surface area contributed by atoms with Crippen molar-refractivity contribution in [3.63, 3.8) is 0 Å². The molecule has 0 saturated carbocycles. The van der Waals surface area contributed by atoms with Crippen molar-refractivity contribution in [1.29, 1.82) is 0 Å². The lowest BCUT2D eigenvalue weighted by Crippen LogP contribution is -2.41. The van der Waals surface area contributed by atoms with Crippen LogP contribution in [-0.4, -0.2) is 41.8 Å². The molecule has 0 N–H and O–H groups in total. The molecule has 6 heteroatoms. The van der Waals surface area contributed by atoms with Crippen molar-refractivity contribution < 1.29 is 13.2 Å². The predicted octanol–water partition coefficient (Wildman–Crippen LogP) is 2.28. The summed E-state index contributed by atoms with van der Waals surface area (Å²) in [5.41, 5.74) is 0.933. The highest BCUT2D eigenvalue weighted by molar-refractivity contribution is 7.91. The van der Waals surface area contributed by atoms with Gasteiger partial charge >= 0.3 is 0 Å². The lowest BCUT2D eigenvalue weighted by atomic mass is 9.94. The average Bonchev–Trinajstić information content (AvgIpc) is 2.85. The van der Waals surface area contributed by atoms with Crippen LogP contribution in [0.4, 0.5) is 0 Å². The van der Waals surface area contributed by atoms with Crippen molar-refractivity contribution in [3.8, 4) is 0 Å². The Kier molecular flexibility index (Phi) is 5.79. The minimum absolute atomic E-state index is 0.0390. The molecule has 1 amide bonds. The zero-order chi connectivity index (χ0) is 17.0. The van der Waals surface area contributed by atoms with Gasteiger partial charge in [-0.15, -0.1) is 0 Å². The van der Waals surface area contributed by atoms with E-state index in [0.717, 1.165) is 5.56 Å². The van der Waals surface area contributed by atoms with Gasteiger partial charge in [0, 0.05) is 31.4 Å². The molecule has 0 spiro atoms. The minimum atomic E-state index is -3.02. The zero-order valence-electron chi connectivity index (χ0n) is 14.1. The van der Waals surface area contributed by atoms with Crippen LogP contribution in [0, 0.1) is 11.8 Å². The van der Waals surface area contributed by atoms with Gasteiger partial charge in [0.15, 0.2) is 9.84 Å². The highest BCUT2D eigenvalue weighted by Crippen LogP contribution is 2.23. The van der Waals surface area contributed by atoms with Gasteiger partial charge in [-0.05, 0) is 29.9 Å². The molecule has 0 bridgehead atoms. The summed E-state index contributed by atoms with van der Waals surface area (Å²) in [7, 11) is -3.02. The van der Waals surface area contributed by atoms with Gasteiger partial charge < -0.3 is 4.90 Å². The van der Waals surface area contributed by atoms with E-state index in [1.54, 1.807) is 17.3 Å². The van der Waals surface area contributed by atoms with Crippen molar-refractivity contribution in [2.45, 2.75) is 46.2 Å². The van der Waals surface area contributed by atoms with Gasteiger partial charge in [-0.3, -0.25) is 9.78 Å². The fourth-order valence-corrected chi connectivity index (χ4v) is 4.49. The van der Waals surface area contributed by atoms with E-state index in [1.165, 1.54) is 0 Å². The first-order valence-corrected chi connectivity index (χ1v) is 9.99. The molecule has 2 atom stereocenters. The normalized spacial score (nSPS) is 21.3. The number of sulfone groups is 1. The quantitative estimate of drug-likeness (QED) is 0.798. The van der Waals surface area contributed by atoms with E-state index >= 15 is 0 Å². The maximum Gasteiger partial charge on any atom is 0.223 e. The molecule has 1 aromatic rings. The number of nitrogens with zero attached hydrogens (tertiary/aromatic N) is 2. The number of hydrogen-bond acceptors (Lipinski definition) is 4. The lowest BCUT2D eigenvalue weighted by molar-refractivity contribution is -0.135. The summed E-state index contributed by atoms with van der Waals surface area (Å²) in [6.07, 6.45) is 4.41. The standard InChI is InChI=1S/C17H26N2O3S/c1-13(2)14(3)9-17(20)19(11-15-5-4-7-18-10-15)16-6-8-23(21,22)12-16/h4-5,7,10,13-14,16H,6,8-9,11-12H2,1-3H3/t14-,16+/m1/s1. The maximum atomic E-state index is 12.8. The number of amides is 1. The fraction of sp³-hybridized carbons (Fsp3) is 0.647. The van der Waals surface area contributed by atoms with E-state index in [1.807, 2.05) is 12.1 Å². The number of carbonyl (C=O) groups excluding carboxylic acids is 1. The molecule has 1 fully saturated rings. The summed E-state index contributed by atoms with van der Waals surface area (Å²) in [6.45, 7) is 6.70. The highest BCUT2D eigenvalue weighted by atomic mass is 32.2. The zero-order valence-corrected chi connectivity index (χ0v) is 14.9. The Morgan fingerprint density at radius 2 is 2.13 bits per heavy atom. The van der Waals surface area contributed by atoms with E-state index in [4.69, 9.17) is 0 Å². The summed E-state index contributed by atoms with van der Waals surface area (Å²) >= 11 is 0. The van der Waals surface area contributed by atoms with Gasteiger partial charge in [0.1, 0.15) is 0 Å². The molecule has 1 aliphatic heterocycles. The van der Waals surface area contributed by atoms with Crippen molar-refractivity contribution in [2.75, 3.05) is 11.5 Å². The van der Waals surface area contributed by atoms with Crippen LogP contribution in [0.15, 0.2) is 24.5 Å². The molecule has 23 heavy (non-hydrogen) atoms. The van der Waals surface area contributed by atoms with Gasteiger partial charge in [-0.1, -0.05) is 26.8 Å². The second kappa shape index (κ2) is 7.43. The van der Waals surface area contributed by atoms with Gasteiger partial charge in [-0.2, -0.15) is 0 Å². The summed E-state index contributed by atoms with van der Waals surface area (Å²) in [4.78, 5) is 18.6. The number of pyridine rings is 1. The van der Waals surface area contributed by atoms with Gasteiger partial charge in [0.25, 0.3) is 0 Å². The number of aromatic nitrogens is 1. The molecule has 5 nitrogen and oxygen atoms in total. The molecule has 2 rings (SSSR count). The van der Waals surface area contributed by atoms with Crippen molar-refractivity contribution in [1.82, 2.24) is 9.88 Å². The van der Waals surface area contributed by atoms with E-state index in [-0.39, 0.29) is 29.4 Å². The number of rotatable bonds is 6. The molecular weight excluding hydrogens is 312 g/mol. The lowest BCUT2D eigenvalue weighted by Gasteiger charge is -2.30.